The number of hydrogen-bond donors (Lipinski definition) is 1. The third-order valence-electron chi connectivity index (χ3n) is 4.43. The van der Waals surface area contributed by atoms with Crippen molar-refractivity contribution in [3.8, 4) is 0 Å². The van der Waals surface area contributed by atoms with E-state index in [9.17, 15) is 13.5 Å². The van der Waals surface area contributed by atoms with Gasteiger partial charge in [0.25, 0.3) is 0 Å². The Morgan fingerprint density at radius 3 is 1.96 bits per heavy atom. The summed E-state index contributed by atoms with van der Waals surface area (Å²) in [5, 5.41) is 10.9. The van der Waals surface area contributed by atoms with E-state index in [-0.39, 0.29) is 11.7 Å². The van der Waals surface area contributed by atoms with E-state index in [0.29, 0.717) is 10.5 Å². The molecule has 3 rings (SSSR count). The SMILES string of the molecule is CC.CC.CC1(C)CS(=O)(=O)c2ccccc2[C@@H](c2ccccc2)[C@H]1O. The van der Waals surface area contributed by atoms with Gasteiger partial charge in [0.1, 0.15) is 0 Å². The van der Waals surface area contributed by atoms with E-state index in [1.165, 1.54) is 0 Å². The van der Waals surface area contributed by atoms with E-state index in [1.807, 2.05) is 84.0 Å². The lowest BCUT2D eigenvalue weighted by atomic mass is 9.75. The Morgan fingerprint density at radius 2 is 1.38 bits per heavy atom. The molecule has 26 heavy (non-hydrogen) atoms. The summed E-state index contributed by atoms with van der Waals surface area (Å²) in [6.45, 7) is 11.6. The molecule has 0 aromatic heterocycles. The highest BCUT2D eigenvalue weighted by Gasteiger charge is 2.44. The molecule has 0 unspecified atom stereocenters. The summed E-state index contributed by atoms with van der Waals surface area (Å²) >= 11 is 0. The highest BCUT2D eigenvalue weighted by atomic mass is 32.2. The topological polar surface area (TPSA) is 54.4 Å². The molecule has 0 saturated carbocycles. The molecule has 2 aromatic rings. The van der Waals surface area contributed by atoms with Crippen LogP contribution in [-0.4, -0.2) is 25.4 Å². The fourth-order valence-corrected chi connectivity index (χ4v) is 5.46. The second-order valence-corrected chi connectivity index (χ2v) is 8.58. The first kappa shape index (κ1) is 22.4. The molecule has 0 bridgehead atoms. The van der Waals surface area contributed by atoms with E-state index in [2.05, 4.69) is 0 Å². The van der Waals surface area contributed by atoms with Crippen LogP contribution in [0, 0.1) is 5.41 Å². The zero-order valence-corrected chi connectivity index (χ0v) is 17.5. The molecule has 144 valence electrons. The Hall–Kier alpha value is -1.65. The van der Waals surface area contributed by atoms with Gasteiger partial charge in [0.15, 0.2) is 9.84 Å². The number of aliphatic hydroxyl groups excluding tert-OH is 1. The fourth-order valence-electron chi connectivity index (χ4n) is 3.32. The zero-order valence-electron chi connectivity index (χ0n) is 16.7. The molecule has 1 aliphatic rings. The van der Waals surface area contributed by atoms with Gasteiger partial charge in [-0.05, 0) is 17.2 Å². The average molecular weight is 377 g/mol. The van der Waals surface area contributed by atoms with Crippen LogP contribution in [0.4, 0.5) is 0 Å². The van der Waals surface area contributed by atoms with Gasteiger partial charge in [-0.3, -0.25) is 0 Å². The summed E-state index contributed by atoms with van der Waals surface area (Å²) in [7, 11) is -3.42. The largest absolute Gasteiger partial charge is 0.392 e. The summed E-state index contributed by atoms with van der Waals surface area (Å²) in [6.07, 6.45) is -0.770. The van der Waals surface area contributed by atoms with Crippen LogP contribution < -0.4 is 0 Å². The van der Waals surface area contributed by atoms with Crippen LogP contribution in [-0.2, 0) is 9.84 Å². The van der Waals surface area contributed by atoms with Crippen molar-refractivity contribution in [1.82, 2.24) is 0 Å². The van der Waals surface area contributed by atoms with Crippen LogP contribution in [0.2, 0.25) is 0 Å². The second kappa shape index (κ2) is 9.33. The summed E-state index contributed by atoms with van der Waals surface area (Å²) in [5.74, 6) is -0.397. The summed E-state index contributed by atoms with van der Waals surface area (Å²) < 4.78 is 25.4. The molecule has 0 fully saturated rings. The van der Waals surface area contributed by atoms with E-state index in [1.54, 1.807) is 12.1 Å². The maximum absolute atomic E-state index is 12.7. The van der Waals surface area contributed by atoms with Crippen LogP contribution in [0.1, 0.15) is 58.6 Å². The smallest absolute Gasteiger partial charge is 0.179 e. The molecule has 0 amide bonds. The lowest BCUT2D eigenvalue weighted by Crippen LogP contribution is -2.37. The second-order valence-electron chi connectivity index (χ2n) is 6.62. The molecule has 4 heteroatoms. The first-order valence-electron chi connectivity index (χ1n) is 9.38. The Morgan fingerprint density at radius 1 is 0.885 bits per heavy atom. The standard InChI is InChI=1S/C18H20O3S.2C2H6/c1-18(2)12-22(20,21)15-11-7-6-10-14(15)16(17(18)19)13-8-4-3-5-9-13;2*1-2/h3-11,16-17,19H,12H2,1-2H3;2*1-2H3/t16-,17-;;/m1../s1. The maximum atomic E-state index is 12.7. The molecule has 0 radical (unpaired) electrons. The number of sulfone groups is 1. The van der Waals surface area contributed by atoms with Crippen molar-refractivity contribution in [1.29, 1.82) is 0 Å². The number of hydrogen-bond acceptors (Lipinski definition) is 3. The van der Waals surface area contributed by atoms with Crippen molar-refractivity contribution in [3.05, 3.63) is 65.7 Å². The molecule has 1 N–H and O–H groups in total. The van der Waals surface area contributed by atoms with E-state index >= 15 is 0 Å². The van der Waals surface area contributed by atoms with Crippen LogP contribution in [0.15, 0.2) is 59.5 Å². The maximum Gasteiger partial charge on any atom is 0.179 e. The number of aliphatic hydroxyl groups is 1. The van der Waals surface area contributed by atoms with Crippen molar-refractivity contribution in [3.63, 3.8) is 0 Å². The first-order valence-corrected chi connectivity index (χ1v) is 11.0. The highest BCUT2D eigenvalue weighted by Crippen LogP contribution is 2.44. The monoisotopic (exact) mass is 376 g/mol. The molecule has 2 aromatic carbocycles. The van der Waals surface area contributed by atoms with Crippen LogP contribution in [0.3, 0.4) is 0 Å². The molecule has 0 saturated heterocycles. The van der Waals surface area contributed by atoms with Gasteiger partial charge < -0.3 is 5.11 Å². The molecule has 3 nitrogen and oxygen atoms in total. The lowest BCUT2D eigenvalue weighted by Gasteiger charge is -2.33. The molecule has 1 aliphatic heterocycles. The number of benzene rings is 2. The predicted octanol–water partition coefficient (Wildman–Crippen LogP) is 5.05. The molecular weight excluding hydrogens is 344 g/mol. The van der Waals surface area contributed by atoms with Crippen LogP contribution in [0.5, 0.6) is 0 Å². The highest BCUT2D eigenvalue weighted by molar-refractivity contribution is 7.91. The Labute approximate surface area is 159 Å². The molecule has 0 spiro atoms. The minimum Gasteiger partial charge on any atom is -0.392 e. The third kappa shape index (κ3) is 4.54. The van der Waals surface area contributed by atoms with E-state index in [4.69, 9.17) is 0 Å². The summed E-state index contributed by atoms with van der Waals surface area (Å²) in [4.78, 5) is 0.341. The van der Waals surface area contributed by atoms with Gasteiger partial charge in [-0.1, -0.05) is 90.1 Å². The van der Waals surface area contributed by atoms with Gasteiger partial charge in [0, 0.05) is 11.3 Å². The predicted molar refractivity (Wildman–Crippen MR) is 109 cm³/mol. The number of rotatable bonds is 1. The third-order valence-corrected chi connectivity index (χ3v) is 6.59. The Kier molecular flexibility index (Phi) is 8.04. The molecule has 2 atom stereocenters. The lowest BCUT2D eigenvalue weighted by molar-refractivity contribution is 0.0521. The van der Waals surface area contributed by atoms with Gasteiger partial charge in [-0.15, -0.1) is 0 Å². The van der Waals surface area contributed by atoms with Crippen molar-refractivity contribution < 1.29 is 13.5 Å². The van der Waals surface area contributed by atoms with Gasteiger partial charge >= 0.3 is 0 Å². The van der Waals surface area contributed by atoms with Crippen molar-refractivity contribution in [2.24, 2.45) is 5.41 Å². The fraction of sp³-hybridized carbons (Fsp3) is 0.455. The van der Waals surface area contributed by atoms with Crippen molar-refractivity contribution in [2.45, 2.75) is 58.5 Å². The normalized spacial score (nSPS) is 22.4. The Balaban J connectivity index is 0.000000791. The van der Waals surface area contributed by atoms with Crippen molar-refractivity contribution >= 4 is 9.84 Å². The summed E-state index contributed by atoms with van der Waals surface area (Å²) in [6, 6.07) is 16.7. The van der Waals surface area contributed by atoms with Gasteiger partial charge in [-0.2, -0.15) is 0 Å². The van der Waals surface area contributed by atoms with Crippen LogP contribution >= 0.6 is 0 Å². The average Bonchev–Trinajstić information content (AvgIpc) is 2.71. The first-order chi connectivity index (χ1) is 12.3. The van der Waals surface area contributed by atoms with Gasteiger partial charge in [0.05, 0.1) is 16.8 Å². The van der Waals surface area contributed by atoms with E-state index < -0.39 is 21.4 Å². The zero-order chi connectivity index (χ0) is 20.0. The minimum absolute atomic E-state index is 0.0541. The van der Waals surface area contributed by atoms with Gasteiger partial charge in [-0.25, -0.2) is 8.42 Å². The quantitative estimate of drug-likeness (QED) is 0.758. The molecule has 1 heterocycles. The van der Waals surface area contributed by atoms with Gasteiger partial charge in [0.2, 0.25) is 0 Å². The number of fused-ring (bicyclic) bond motifs is 1. The Bertz CT molecular complexity index is 780. The molecule has 0 aliphatic carbocycles. The van der Waals surface area contributed by atoms with Crippen molar-refractivity contribution in [2.75, 3.05) is 5.75 Å². The summed E-state index contributed by atoms with van der Waals surface area (Å²) in [5.41, 5.74) is 0.901. The molecular formula is C22H32O3S. The minimum atomic E-state index is -3.42. The van der Waals surface area contributed by atoms with Crippen LogP contribution in [0.25, 0.3) is 0 Å². The van der Waals surface area contributed by atoms with E-state index in [0.717, 1.165) is 5.56 Å².